The maximum atomic E-state index is 15.0. The topological polar surface area (TPSA) is 161 Å². The van der Waals surface area contributed by atoms with Gasteiger partial charge in [-0.05, 0) is 40.7 Å². The van der Waals surface area contributed by atoms with Gasteiger partial charge in [0.25, 0.3) is 5.91 Å². The molecule has 5 aromatic rings. The molecule has 14 heteroatoms. The zero-order valence-corrected chi connectivity index (χ0v) is 27.2. The average Bonchev–Trinajstić information content (AvgIpc) is 3.85. The van der Waals surface area contributed by atoms with Gasteiger partial charge in [0.15, 0.2) is 5.54 Å². The van der Waals surface area contributed by atoms with Crippen LogP contribution in [0.3, 0.4) is 0 Å². The van der Waals surface area contributed by atoms with E-state index in [1.807, 2.05) is 51.1 Å². The molecule has 2 N–H and O–H groups in total. The summed E-state index contributed by atoms with van der Waals surface area (Å²) in [5.74, 6) is -0.121. The lowest BCUT2D eigenvalue weighted by Crippen LogP contribution is -2.49. The fourth-order valence-corrected chi connectivity index (χ4v) is 5.96. The van der Waals surface area contributed by atoms with Crippen molar-refractivity contribution in [3.8, 4) is 17.1 Å². The molecular formula is C34H33ClN8O5. The second kappa shape index (κ2) is 13.4. The Morgan fingerprint density at radius 1 is 1.10 bits per heavy atom. The summed E-state index contributed by atoms with van der Waals surface area (Å²) in [4.78, 5) is 42.6. The molecule has 2 aromatic heterocycles. The van der Waals surface area contributed by atoms with Crippen LogP contribution in [0.2, 0.25) is 5.02 Å². The van der Waals surface area contributed by atoms with E-state index >= 15 is 0 Å². The van der Waals surface area contributed by atoms with Crippen LogP contribution in [0.5, 0.6) is 0 Å². The zero-order valence-electron chi connectivity index (χ0n) is 26.4. The third kappa shape index (κ3) is 6.68. The van der Waals surface area contributed by atoms with Gasteiger partial charge in [-0.3, -0.25) is 15.0 Å². The Labute approximate surface area is 281 Å². The molecule has 1 aliphatic heterocycles. The third-order valence-electron chi connectivity index (χ3n) is 7.80. The van der Waals surface area contributed by atoms with Gasteiger partial charge in [0, 0.05) is 5.56 Å². The minimum Gasteiger partial charge on any atom is -0.444 e. The number of ether oxygens (including phenoxy) is 1. The summed E-state index contributed by atoms with van der Waals surface area (Å²) in [6.07, 6.45) is 3.55. The number of aromatic nitrogens is 5. The number of carbonyl (C=O) groups excluding carboxylic acids is 2. The van der Waals surface area contributed by atoms with Crippen LogP contribution >= 0.6 is 11.6 Å². The van der Waals surface area contributed by atoms with Crippen molar-refractivity contribution >= 4 is 29.6 Å². The molecule has 13 nitrogen and oxygen atoms in total. The summed E-state index contributed by atoms with van der Waals surface area (Å²) in [5, 5.41) is 22.1. The highest BCUT2D eigenvalue weighted by molar-refractivity contribution is 6.32. The van der Waals surface area contributed by atoms with Crippen LogP contribution in [0.1, 0.15) is 49.9 Å². The minimum absolute atomic E-state index is 0.000454. The van der Waals surface area contributed by atoms with Crippen LogP contribution in [0.25, 0.3) is 17.1 Å². The number of amides is 2. The van der Waals surface area contributed by atoms with Crippen molar-refractivity contribution in [1.29, 1.82) is 0 Å². The van der Waals surface area contributed by atoms with Crippen molar-refractivity contribution in [3.05, 3.63) is 114 Å². The van der Waals surface area contributed by atoms with E-state index in [2.05, 4.69) is 25.5 Å². The van der Waals surface area contributed by atoms with Gasteiger partial charge in [-0.1, -0.05) is 98.2 Å². The van der Waals surface area contributed by atoms with Crippen LogP contribution in [0.4, 0.5) is 4.79 Å². The highest BCUT2D eigenvalue weighted by Gasteiger charge is 2.54. The number of aliphatic hydroxyl groups is 1. The second-order valence-corrected chi connectivity index (χ2v) is 12.9. The number of hydrogen-bond donors (Lipinski definition) is 2. The number of hydrogen-bond acceptors (Lipinski definition) is 10. The molecule has 0 spiro atoms. The number of aliphatic imine (C=N–C) groups is 1. The van der Waals surface area contributed by atoms with Crippen LogP contribution in [-0.4, -0.2) is 59.5 Å². The predicted octanol–water partition coefficient (Wildman–Crippen LogP) is 5.46. The summed E-state index contributed by atoms with van der Waals surface area (Å²) in [5.41, 5.74) is 1.16. The molecule has 2 atom stereocenters. The van der Waals surface area contributed by atoms with Crippen LogP contribution in [-0.2, 0) is 21.7 Å². The summed E-state index contributed by atoms with van der Waals surface area (Å²) in [7, 11) is 0. The van der Waals surface area contributed by atoms with Gasteiger partial charge in [0.1, 0.15) is 19.3 Å². The molecule has 0 aliphatic carbocycles. The lowest BCUT2D eigenvalue weighted by Gasteiger charge is -2.34. The number of alkyl carbamates (subject to hydrolysis) is 1. The maximum Gasteiger partial charge on any atom is 0.414 e. The van der Waals surface area contributed by atoms with Crippen LogP contribution < -0.4 is 5.32 Å². The molecule has 246 valence electrons. The smallest absolute Gasteiger partial charge is 0.414 e. The Balaban J connectivity index is 1.43. The normalized spacial score (nSPS) is 16.9. The monoisotopic (exact) mass is 668 g/mol. The first-order valence-corrected chi connectivity index (χ1v) is 15.5. The quantitative estimate of drug-likeness (QED) is 0.208. The standard InChI is InChI=1S/C34H33ClN8O5/c1-33(2,3)18-34(25-12-9-23(10-13-25)29-37-21-48-41-29)30(45)43(31(40-34)39-32(46)47-17-22-7-5-4-6-8-22)28(16-44)24-11-14-26(35)27(15-24)42-20-36-19-38-42/h4-15,19-21,28,44H,16-18H2,1-3H3,(H,39,40,46)/t28-,34-/m1/s1. The Morgan fingerprint density at radius 2 is 1.88 bits per heavy atom. The molecular weight excluding hydrogens is 636 g/mol. The maximum absolute atomic E-state index is 15.0. The van der Waals surface area contributed by atoms with E-state index in [4.69, 9.17) is 25.9 Å². The zero-order chi connectivity index (χ0) is 33.9. The van der Waals surface area contributed by atoms with Gasteiger partial charge >= 0.3 is 6.09 Å². The Bertz CT molecular complexity index is 1910. The summed E-state index contributed by atoms with van der Waals surface area (Å²) < 4.78 is 11.9. The molecule has 2 amide bonds. The lowest BCUT2D eigenvalue weighted by atomic mass is 9.75. The van der Waals surface area contributed by atoms with E-state index in [1.165, 1.54) is 28.6 Å². The van der Waals surface area contributed by atoms with E-state index in [1.54, 1.807) is 42.5 Å². The van der Waals surface area contributed by atoms with E-state index in [-0.39, 0.29) is 19.0 Å². The highest BCUT2D eigenvalue weighted by Crippen LogP contribution is 2.45. The SMILES string of the molecule is CC(C)(C)C[C@]1(c2ccc(-c3ncon3)cc2)N=C(NC(=O)OCc2ccccc2)N([C@H](CO)c2ccc(Cl)c(-n3cncn3)c2)C1=O. The third-order valence-corrected chi connectivity index (χ3v) is 8.12. The van der Waals surface area contributed by atoms with Crippen LogP contribution in [0.15, 0.2) is 101 Å². The number of guanidine groups is 1. The summed E-state index contributed by atoms with van der Waals surface area (Å²) in [6.45, 7) is 5.50. The fourth-order valence-electron chi connectivity index (χ4n) is 5.75. The molecule has 0 bridgehead atoms. The van der Waals surface area contributed by atoms with Gasteiger partial charge in [0.05, 0.1) is 23.4 Å². The highest BCUT2D eigenvalue weighted by atomic mass is 35.5. The van der Waals surface area contributed by atoms with Crippen molar-refractivity contribution < 1.29 is 24.0 Å². The van der Waals surface area contributed by atoms with E-state index in [0.717, 1.165) is 5.56 Å². The number of benzene rings is 3. The van der Waals surface area contributed by atoms with E-state index in [0.29, 0.717) is 33.2 Å². The van der Waals surface area contributed by atoms with E-state index in [9.17, 15) is 14.7 Å². The first kappa shape index (κ1) is 32.5. The van der Waals surface area contributed by atoms with Crippen molar-refractivity contribution in [1.82, 2.24) is 35.1 Å². The number of nitrogens with one attached hydrogen (secondary N) is 1. The van der Waals surface area contributed by atoms with Gasteiger partial charge in [-0.25, -0.2) is 19.5 Å². The van der Waals surface area contributed by atoms with Gasteiger partial charge in [0.2, 0.25) is 18.2 Å². The number of carbonyl (C=O) groups is 2. The Morgan fingerprint density at radius 3 is 2.52 bits per heavy atom. The Hall–Kier alpha value is -5.40. The first-order chi connectivity index (χ1) is 23.1. The molecule has 6 rings (SSSR count). The molecule has 3 aromatic carbocycles. The Kier molecular flexibility index (Phi) is 9.07. The van der Waals surface area contributed by atoms with Crippen molar-refractivity contribution in [2.24, 2.45) is 10.4 Å². The molecule has 0 radical (unpaired) electrons. The number of nitrogens with zero attached hydrogens (tertiary/aromatic N) is 7. The molecule has 48 heavy (non-hydrogen) atoms. The molecule has 0 fully saturated rings. The molecule has 0 saturated heterocycles. The van der Waals surface area contributed by atoms with Gasteiger partial charge < -0.3 is 14.4 Å². The van der Waals surface area contributed by atoms with Crippen molar-refractivity contribution in [2.45, 2.75) is 45.4 Å². The average molecular weight is 669 g/mol. The molecule has 3 heterocycles. The predicted molar refractivity (Wildman–Crippen MR) is 176 cm³/mol. The van der Waals surface area contributed by atoms with Gasteiger partial charge in [-0.15, -0.1) is 0 Å². The molecule has 0 unspecified atom stereocenters. The molecule has 1 aliphatic rings. The number of aliphatic hydroxyl groups excluding tert-OH is 1. The number of halogens is 1. The number of rotatable bonds is 9. The van der Waals surface area contributed by atoms with Crippen molar-refractivity contribution in [3.63, 3.8) is 0 Å². The minimum atomic E-state index is -1.48. The van der Waals surface area contributed by atoms with E-state index < -0.39 is 35.6 Å². The fraction of sp³-hybridized carbons (Fsp3) is 0.265. The first-order valence-electron chi connectivity index (χ1n) is 15.1. The summed E-state index contributed by atoms with van der Waals surface area (Å²) in [6, 6.07) is 20.4. The largest absolute Gasteiger partial charge is 0.444 e. The van der Waals surface area contributed by atoms with Crippen LogP contribution in [0, 0.1) is 5.41 Å². The van der Waals surface area contributed by atoms with Crippen molar-refractivity contribution in [2.75, 3.05) is 6.61 Å². The van der Waals surface area contributed by atoms with Gasteiger partial charge in [-0.2, -0.15) is 10.1 Å². The molecule has 0 saturated carbocycles. The summed E-state index contributed by atoms with van der Waals surface area (Å²) >= 11 is 6.51. The second-order valence-electron chi connectivity index (χ2n) is 12.5. The lowest BCUT2D eigenvalue weighted by molar-refractivity contribution is -0.135.